The van der Waals surface area contributed by atoms with Gasteiger partial charge in [0.15, 0.2) is 5.78 Å². The van der Waals surface area contributed by atoms with Crippen molar-refractivity contribution < 1.29 is 19.9 Å². The molecule has 0 aromatic heterocycles. The van der Waals surface area contributed by atoms with E-state index in [4.69, 9.17) is 15.2 Å². The summed E-state index contributed by atoms with van der Waals surface area (Å²) in [5.74, 6) is 1.58. The molecule has 0 unspecified atom stereocenters. The molecule has 0 saturated carbocycles. The van der Waals surface area contributed by atoms with Gasteiger partial charge in [-0.15, -0.1) is 0 Å². The van der Waals surface area contributed by atoms with Crippen LogP contribution in [0.2, 0.25) is 0 Å². The maximum Gasteiger partial charge on any atom is 0.488 e. The molecule has 1 aromatic carbocycles. The van der Waals surface area contributed by atoms with Crippen molar-refractivity contribution in [2.24, 2.45) is 0 Å². The maximum absolute atomic E-state index is 12.0. The summed E-state index contributed by atoms with van der Waals surface area (Å²) in [7, 11) is -1.49. The lowest BCUT2D eigenvalue weighted by molar-refractivity contribution is 0.102. The molecule has 0 aliphatic rings. The van der Waals surface area contributed by atoms with Gasteiger partial charge in [-0.3, -0.25) is 4.79 Å². The maximum atomic E-state index is 12.0. The summed E-state index contributed by atoms with van der Waals surface area (Å²) < 4.78 is 0. The van der Waals surface area contributed by atoms with E-state index in [1.807, 2.05) is 0 Å². The Kier molecular flexibility index (Phi) is 12.8. The summed E-state index contributed by atoms with van der Waals surface area (Å²) >= 11 is 1.67. The monoisotopic (exact) mass is 366 g/mol. The predicted octanol–water partition coefficient (Wildman–Crippen LogP) is 2.79. The number of benzene rings is 1. The van der Waals surface area contributed by atoms with Crippen LogP contribution in [0, 0.1) is 0 Å². The van der Waals surface area contributed by atoms with Crippen LogP contribution in [-0.4, -0.2) is 46.2 Å². The normalized spacial score (nSPS) is 10.8. The number of hydrogen-bond acceptors (Lipinski definition) is 5. The smallest absolute Gasteiger partial charge is 0.423 e. The second kappa shape index (κ2) is 14.4. The second-order valence-corrected chi connectivity index (χ2v) is 7.48. The van der Waals surface area contributed by atoms with Crippen LogP contribution in [0.3, 0.4) is 0 Å². The fourth-order valence-electron chi connectivity index (χ4n) is 2.64. The lowest BCUT2D eigenvalue weighted by Crippen LogP contribution is -2.29. The zero-order valence-electron chi connectivity index (χ0n) is 15.0. The minimum Gasteiger partial charge on any atom is -0.423 e. The minimum atomic E-state index is -1.49. The third-order valence-electron chi connectivity index (χ3n) is 4.21. The van der Waals surface area contributed by atoms with Crippen LogP contribution in [0.15, 0.2) is 24.3 Å². The van der Waals surface area contributed by atoms with Crippen molar-refractivity contribution in [1.29, 1.82) is 0 Å². The number of thioether (sulfide) groups is 1. The highest BCUT2D eigenvalue weighted by Gasteiger charge is 2.12. The van der Waals surface area contributed by atoms with E-state index in [0.717, 1.165) is 25.0 Å². The summed E-state index contributed by atoms with van der Waals surface area (Å²) in [6.07, 6.45) is 10.8. The molecule has 0 radical (unpaired) electrons. The molecule has 0 fully saturated rings. The molecule has 0 atom stereocenters. The number of rotatable bonds is 15. The molecule has 1 rings (SSSR count). The zero-order valence-corrected chi connectivity index (χ0v) is 15.8. The van der Waals surface area contributed by atoms with Crippen molar-refractivity contribution in [1.82, 2.24) is 0 Å². The number of aliphatic hydroxyl groups excluding tert-OH is 1. The summed E-state index contributed by atoms with van der Waals surface area (Å²) in [5.41, 5.74) is 1.02. The minimum absolute atomic E-state index is 0.0897. The molecule has 0 amide bonds. The van der Waals surface area contributed by atoms with Gasteiger partial charge in [-0.1, -0.05) is 69.2 Å². The van der Waals surface area contributed by atoms with Gasteiger partial charge in [-0.05, 0) is 24.1 Å². The third-order valence-corrected chi connectivity index (χ3v) is 5.25. The van der Waals surface area contributed by atoms with E-state index >= 15 is 0 Å². The van der Waals surface area contributed by atoms with E-state index < -0.39 is 7.12 Å². The van der Waals surface area contributed by atoms with Crippen LogP contribution in [0.25, 0.3) is 0 Å². The Morgan fingerprint density at radius 3 is 1.88 bits per heavy atom. The molecule has 25 heavy (non-hydrogen) atoms. The highest BCUT2D eigenvalue weighted by Crippen LogP contribution is 2.13. The first-order chi connectivity index (χ1) is 12.1. The van der Waals surface area contributed by atoms with Crippen molar-refractivity contribution in [3.05, 3.63) is 29.8 Å². The largest absolute Gasteiger partial charge is 0.488 e. The van der Waals surface area contributed by atoms with Gasteiger partial charge >= 0.3 is 7.12 Å². The summed E-state index contributed by atoms with van der Waals surface area (Å²) in [4.78, 5) is 12.0. The molecule has 0 heterocycles. The first-order valence-electron chi connectivity index (χ1n) is 9.33. The average Bonchev–Trinajstić information content (AvgIpc) is 2.62. The van der Waals surface area contributed by atoms with Crippen LogP contribution in [0.5, 0.6) is 0 Å². The summed E-state index contributed by atoms with van der Waals surface area (Å²) in [5, 5.41) is 26.8. The Labute approximate surface area is 156 Å². The number of ketones is 1. The SMILES string of the molecule is O=C(CSCCCCCCCCCCCO)c1ccc(B(O)O)cc1. The van der Waals surface area contributed by atoms with Crippen LogP contribution in [0.1, 0.15) is 68.1 Å². The zero-order chi connectivity index (χ0) is 18.3. The quantitative estimate of drug-likeness (QED) is 0.253. The van der Waals surface area contributed by atoms with Crippen LogP contribution in [-0.2, 0) is 0 Å². The van der Waals surface area contributed by atoms with Gasteiger partial charge in [0.1, 0.15) is 0 Å². The summed E-state index contributed by atoms with van der Waals surface area (Å²) in [6.45, 7) is 0.317. The molecule has 140 valence electrons. The Hall–Kier alpha value is -0.815. The van der Waals surface area contributed by atoms with Gasteiger partial charge in [-0.2, -0.15) is 11.8 Å². The van der Waals surface area contributed by atoms with E-state index in [2.05, 4.69) is 0 Å². The molecule has 0 aliphatic heterocycles. The Balaban J connectivity index is 1.98. The molecule has 0 saturated heterocycles. The van der Waals surface area contributed by atoms with Gasteiger partial charge in [0.2, 0.25) is 0 Å². The van der Waals surface area contributed by atoms with Gasteiger partial charge in [0.05, 0.1) is 5.75 Å². The van der Waals surface area contributed by atoms with E-state index in [1.54, 1.807) is 36.0 Å². The van der Waals surface area contributed by atoms with Crippen LogP contribution >= 0.6 is 11.8 Å². The standard InChI is InChI=1S/C19H31BO4S/c21-14-8-6-4-2-1-3-5-7-9-15-25-16-19(22)17-10-12-18(13-11-17)20(23)24/h10-13,21,23-24H,1-9,14-16H2. The van der Waals surface area contributed by atoms with Crippen molar-refractivity contribution in [2.75, 3.05) is 18.1 Å². The molecule has 1 aromatic rings. The Bertz CT molecular complexity index is 465. The molecular formula is C19H31BO4S. The van der Waals surface area contributed by atoms with E-state index in [0.29, 0.717) is 23.4 Å². The molecule has 0 spiro atoms. The number of carbonyl (C=O) groups is 1. The van der Waals surface area contributed by atoms with Crippen molar-refractivity contribution in [3.63, 3.8) is 0 Å². The molecule has 6 heteroatoms. The van der Waals surface area contributed by atoms with E-state index in [1.165, 1.54) is 38.5 Å². The molecule has 0 bridgehead atoms. The van der Waals surface area contributed by atoms with Gasteiger partial charge in [0, 0.05) is 12.2 Å². The second-order valence-electron chi connectivity index (χ2n) is 6.38. The van der Waals surface area contributed by atoms with Crippen LogP contribution in [0.4, 0.5) is 0 Å². The molecular weight excluding hydrogens is 335 g/mol. The number of aliphatic hydroxyl groups is 1. The van der Waals surface area contributed by atoms with Crippen LogP contribution < -0.4 is 5.46 Å². The van der Waals surface area contributed by atoms with Crippen molar-refractivity contribution >= 4 is 30.1 Å². The lowest BCUT2D eigenvalue weighted by Gasteiger charge is -2.04. The topological polar surface area (TPSA) is 77.8 Å². The molecule has 0 aliphatic carbocycles. The lowest BCUT2D eigenvalue weighted by atomic mass is 9.80. The Morgan fingerprint density at radius 2 is 1.36 bits per heavy atom. The van der Waals surface area contributed by atoms with Gasteiger partial charge in [0.25, 0.3) is 0 Å². The average molecular weight is 366 g/mol. The first kappa shape index (κ1) is 22.2. The van der Waals surface area contributed by atoms with Gasteiger partial charge in [-0.25, -0.2) is 0 Å². The molecule has 3 N–H and O–H groups in total. The fraction of sp³-hybridized carbons (Fsp3) is 0.632. The third kappa shape index (κ3) is 10.7. The number of unbranched alkanes of at least 4 members (excludes halogenated alkanes) is 8. The predicted molar refractivity (Wildman–Crippen MR) is 107 cm³/mol. The first-order valence-corrected chi connectivity index (χ1v) is 10.5. The summed E-state index contributed by atoms with van der Waals surface area (Å²) in [6, 6.07) is 6.45. The van der Waals surface area contributed by atoms with Crippen molar-refractivity contribution in [2.45, 2.75) is 57.8 Å². The number of carbonyl (C=O) groups excluding carboxylic acids is 1. The number of hydrogen-bond donors (Lipinski definition) is 3. The Morgan fingerprint density at radius 1 is 0.840 bits per heavy atom. The fourth-order valence-corrected chi connectivity index (χ4v) is 3.55. The number of Topliss-reactive ketones (excluding diaryl/α,β-unsaturated/α-hetero) is 1. The highest BCUT2D eigenvalue weighted by atomic mass is 32.2. The van der Waals surface area contributed by atoms with Crippen molar-refractivity contribution in [3.8, 4) is 0 Å². The van der Waals surface area contributed by atoms with Gasteiger partial charge < -0.3 is 15.2 Å². The highest BCUT2D eigenvalue weighted by molar-refractivity contribution is 7.99. The van der Waals surface area contributed by atoms with E-state index in [-0.39, 0.29) is 5.78 Å². The molecule has 4 nitrogen and oxygen atoms in total. The van der Waals surface area contributed by atoms with E-state index in [9.17, 15) is 4.79 Å².